The van der Waals surface area contributed by atoms with Crippen molar-refractivity contribution in [3.8, 4) is 0 Å². The number of rotatable bonds is 5. The fourth-order valence-electron chi connectivity index (χ4n) is 3.08. The van der Waals surface area contributed by atoms with Crippen molar-refractivity contribution in [3.05, 3.63) is 66.0 Å². The summed E-state index contributed by atoms with van der Waals surface area (Å²) in [6.45, 7) is 1.93. The number of anilines is 1. The van der Waals surface area contributed by atoms with Crippen LogP contribution in [0.5, 0.6) is 0 Å². The van der Waals surface area contributed by atoms with Crippen LogP contribution in [-0.4, -0.2) is 42.8 Å². The summed E-state index contributed by atoms with van der Waals surface area (Å²) in [5.74, 6) is -1.10. The van der Waals surface area contributed by atoms with Crippen LogP contribution in [0.1, 0.15) is 12.5 Å². The Hall–Kier alpha value is -3.22. The Bertz CT molecular complexity index is 868. The molecule has 0 aliphatic carbocycles. The minimum absolute atomic E-state index is 0.0414. The van der Waals surface area contributed by atoms with E-state index in [1.807, 2.05) is 30.3 Å². The maximum absolute atomic E-state index is 13.0. The predicted molar refractivity (Wildman–Crippen MR) is 99.7 cm³/mol. The first kappa shape index (κ1) is 18.6. The number of methoxy groups -OCH3 is 1. The largest absolute Gasteiger partial charge is 0.468 e. The van der Waals surface area contributed by atoms with Gasteiger partial charge in [-0.2, -0.15) is 5.10 Å². The quantitative estimate of drug-likeness (QED) is 0.823. The number of ether oxygens (including phenoxy) is 1. The van der Waals surface area contributed by atoms with Crippen molar-refractivity contribution in [2.24, 2.45) is 10.5 Å². The van der Waals surface area contributed by atoms with Crippen LogP contribution < -0.4 is 5.32 Å². The Balaban J connectivity index is 1.78. The lowest BCUT2D eigenvalue weighted by Gasteiger charge is -2.23. The molecule has 1 heterocycles. The standard InChI is InChI=1S/C20H20FN3O3/c1-20(19(26)27-2)13-24(23-18(20)14-6-4-3-5-7-14)12-17(25)22-16-10-8-15(21)9-11-16/h3-11H,12-13H2,1-2H3,(H,22,25). The first-order valence-corrected chi connectivity index (χ1v) is 8.45. The van der Waals surface area contributed by atoms with Gasteiger partial charge in [-0.05, 0) is 36.8 Å². The molecule has 0 bridgehead atoms. The third-order valence-corrected chi connectivity index (χ3v) is 4.40. The van der Waals surface area contributed by atoms with E-state index in [0.717, 1.165) is 5.56 Å². The molecular weight excluding hydrogens is 349 g/mol. The summed E-state index contributed by atoms with van der Waals surface area (Å²) >= 11 is 0. The third-order valence-electron chi connectivity index (χ3n) is 4.40. The Morgan fingerprint density at radius 2 is 1.85 bits per heavy atom. The summed E-state index contributed by atoms with van der Waals surface area (Å²) in [5.41, 5.74) is 0.867. The summed E-state index contributed by atoms with van der Waals surface area (Å²) < 4.78 is 17.9. The van der Waals surface area contributed by atoms with Gasteiger partial charge in [0.25, 0.3) is 0 Å². The van der Waals surface area contributed by atoms with Gasteiger partial charge in [0.15, 0.2) is 0 Å². The summed E-state index contributed by atoms with van der Waals surface area (Å²) in [6.07, 6.45) is 0. The molecule has 2 aromatic rings. The number of benzene rings is 2. The van der Waals surface area contributed by atoms with E-state index in [4.69, 9.17) is 4.74 Å². The number of hydrogen-bond donors (Lipinski definition) is 1. The Morgan fingerprint density at radius 1 is 1.19 bits per heavy atom. The van der Waals surface area contributed by atoms with Crippen molar-refractivity contribution in [2.45, 2.75) is 6.92 Å². The summed E-state index contributed by atoms with van der Waals surface area (Å²) in [5, 5.41) is 8.73. The highest BCUT2D eigenvalue weighted by Crippen LogP contribution is 2.32. The molecule has 0 saturated heterocycles. The predicted octanol–water partition coefficient (Wildman–Crippen LogP) is 2.66. The molecule has 0 fully saturated rings. The zero-order chi connectivity index (χ0) is 19.4. The summed E-state index contributed by atoms with van der Waals surface area (Å²) in [4.78, 5) is 24.7. The molecule has 1 aliphatic heterocycles. The van der Waals surface area contributed by atoms with Crippen LogP contribution in [0.15, 0.2) is 59.7 Å². The van der Waals surface area contributed by atoms with Crippen LogP contribution >= 0.6 is 0 Å². The van der Waals surface area contributed by atoms with Gasteiger partial charge in [-0.15, -0.1) is 0 Å². The second-order valence-electron chi connectivity index (χ2n) is 6.52. The van der Waals surface area contributed by atoms with E-state index >= 15 is 0 Å². The minimum Gasteiger partial charge on any atom is -0.468 e. The molecule has 1 aliphatic rings. The molecule has 1 amide bonds. The molecule has 1 unspecified atom stereocenters. The van der Waals surface area contributed by atoms with E-state index in [-0.39, 0.29) is 24.8 Å². The van der Waals surface area contributed by atoms with Gasteiger partial charge in [-0.1, -0.05) is 30.3 Å². The van der Waals surface area contributed by atoms with Gasteiger partial charge in [0.05, 0.1) is 19.4 Å². The Kier molecular flexibility index (Phi) is 5.21. The average molecular weight is 369 g/mol. The zero-order valence-electron chi connectivity index (χ0n) is 15.1. The number of hydrogen-bond acceptors (Lipinski definition) is 5. The zero-order valence-corrected chi connectivity index (χ0v) is 15.1. The highest BCUT2D eigenvalue weighted by atomic mass is 19.1. The third kappa shape index (κ3) is 3.97. The van der Waals surface area contributed by atoms with Crippen molar-refractivity contribution in [1.82, 2.24) is 5.01 Å². The van der Waals surface area contributed by atoms with Crippen molar-refractivity contribution >= 4 is 23.3 Å². The van der Waals surface area contributed by atoms with Gasteiger partial charge in [-0.25, -0.2) is 4.39 Å². The second-order valence-corrected chi connectivity index (χ2v) is 6.52. The van der Waals surface area contributed by atoms with Crippen LogP contribution in [-0.2, 0) is 14.3 Å². The smallest absolute Gasteiger partial charge is 0.319 e. The van der Waals surface area contributed by atoms with Crippen molar-refractivity contribution < 1.29 is 18.7 Å². The Labute approximate surface area is 156 Å². The molecular formula is C20H20FN3O3. The van der Waals surface area contributed by atoms with E-state index in [9.17, 15) is 14.0 Å². The van der Waals surface area contributed by atoms with Crippen molar-refractivity contribution in [2.75, 3.05) is 25.5 Å². The maximum Gasteiger partial charge on any atom is 0.319 e. The van der Waals surface area contributed by atoms with Gasteiger partial charge >= 0.3 is 5.97 Å². The summed E-state index contributed by atoms with van der Waals surface area (Å²) in [6, 6.07) is 14.8. The average Bonchev–Trinajstić information content (AvgIpc) is 3.00. The number of esters is 1. The van der Waals surface area contributed by atoms with E-state index in [2.05, 4.69) is 10.4 Å². The topological polar surface area (TPSA) is 71.0 Å². The van der Waals surface area contributed by atoms with Crippen LogP contribution in [0.3, 0.4) is 0 Å². The molecule has 1 atom stereocenters. The van der Waals surface area contributed by atoms with Gasteiger partial charge in [0.1, 0.15) is 17.8 Å². The molecule has 0 saturated carbocycles. The SMILES string of the molecule is COC(=O)C1(C)CN(CC(=O)Nc2ccc(F)cc2)N=C1c1ccccc1. The number of hydrazone groups is 1. The van der Waals surface area contributed by atoms with E-state index < -0.39 is 11.4 Å². The molecule has 0 radical (unpaired) electrons. The number of amides is 1. The van der Waals surface area contributed by atoms with Crippen LogP contribution in [0.2, 0.25) is 0 Å². The molecule has 7 heteroatoms. The fraction of sp³-hybridized carbons (Fsp3) is 0.250. The monoisotopic (exact) mass is 369 g/mol. The van der Waals surface area contributed by atoms with Gasteiger partial charge in [0.2, 0.25) is 5.91 Å². The normalized spacial score (nSPS) is 18.8. The van der Waals surface area contributed by atoms with Crippen LogP contribution in [0.25, 0.3) is 0 Å². The highest BCUT2D eigenvalue weighted by Gasteiger charge is 2.47. The number of carbonyl (C=O) groups is 2. The van der Waals surface area contributed by atoms with Crippen molar-refractivity contribution in [1.29, 1.82) is 0 Å². The number of halogens is 1. The van der Waals surface area contributed by atoms with Crippen molar-refractivity contribution in [3.63, 3.8) is 0 Å². The van der Waals surface area contributed by atoms with Gasteiger partial charge in [-0.3, -0.25) is 14.6 Å². The minimum atomic E-state index is -0.980. The Morgan fingerprint density at radius 3 is 2.48 bits per heavy atom. The molecule has 6 nitrogen and oxygen atoms in total. The molecule has 27 heavy (non-hydrogen) atoms. The van der Waals surface area contributed by atoms with E-state index in [0.29, 0.717) is 11.4 Å². The maximum atomic E-state index is 13.0. The number of nitrogens with one attached hydrogen (secondary N) is 1. The summed E-state index contributed by atoms with van der Waals surface area (Å²) in [7, 11) is 1.33. The lowest BCUT2D eigenvalue weighted by Crippen LogP contribution is -2.41. The molecule has 2 aromatic carbocycles. The van der Waals surface area contributed by atoms with E-state index in [1.54, 1.807) is 6.92 Å². The molecule has 140 valence electrons. The lowest BCUT2D eigenvalue weighted by molar-refractivity contribution is -0.148. The number of nitrogens with zero attached hydrogens (tertiary/aromatic N) is 2. The first-order valence-electron chi connectivity index (χ1n) is 8.45. The van der Waals surface area contributed by atoms with Gasteiger partial charge < -0.3 is 10.1 Å². The van der Waals surface area contributed by atoms with Gasteiger partial charge in [0, 0.05) is 5.69 Å². The van der Waals surface area contributed by atoms with E-state index in [1.165, 1.54) is 36.4 Å². The molecule has 0 spiro atoms. The fourth-order valence-corrected chi connectivity index (χ4v) is 3.08. The first-order chi connectivity index (χ1) is 12.9. The second kappa shape index (κ2) is 7.57. The van der Waals surface area contributed by atoms with Crippen LogP contribution in [0, 0.1) is 11.2 Å². The highest BCUT2D eigenvalue weighted by molar-refractivity contribution is 6.16. The lowest BCUT2D eigenvalue weighted by atomic mass is 9.82. The molecule has 1 N–H and O–H groups in total. The van der Waals surface area contributed by atoms with Crippen LogP contribution in [0.4, 0.5) is 10.1 Å². The molecule has 3 rings (SSSR count). The molecule has 0 aromatic heterocycles. The number of carbonyl (C=O) groups excluding carboxylic acids is 2.